The molecule has 0 heterocycles. The van der Waals surface area contributed by atoms with Gasteiger partial charge in [0.25, 0.3) is 0 Å². The summed E-state index contributed by atoms with van der Waals surface area (Å²) in [7, 11) is 0. The number of hydrogen-bond donors (Lipinski definition) is 0. The average molecular weight is 429 g/mol. The Labute approximate surface area is 193 Å². The molecule has 0 unspecified atom stereocenters. The van der Waals surface area contributed by atoms with Gasteiger partial charge in [-0.2, -0.15) is 0 Å². The second kappa shape index (κ2) is 8.65. The topological polar surface area (TPSA) is 34.1 Å². The average Bonchev–Trinajstić information content (AvgIpc) is 2.70. The van der Waals surface area contributed by atoms with Crippen LogP contribution in [0, 0.1) is 27.7 Å². The lowest BCUT2D eigenvalue weighted by atomic mass is 9.77. The fraction of sp³-hybridized carbons (Fsp3) is 0.400. The SMILES string of the molecule is CC1=C(c2cc(C)c(C(C)C)cc2C)C(=O)C(C)=C(c2cc(C)c(C(C)C)cc2C)C1=O. The van der Waals surface area contributed by atoms with Crippen molar-refractivity contribution in [3.8, 4) is 0 Å². The van der Waals surface area contributed by atoms with E-state index in [1.807, 2.05) is 13.8 Å². The molecule has 2 nitrogen and oxygen atoms in total. The second-order valence-corrected chi connectivity index (χ2v) is 10.0. The van der Waals surface area contributed by atoms with E-state index in [1.54, 1.807) is 13.8 Å². The lowest BCUT2D eigenvalue weighted by Gasteiger charge is -2.25. The van der Waals surface area contributed by atoms with Crippen molar-refractivity contribution in [1.29, 1.82) is 0 Å². The van der Waals surface area contributed by atoms with Gasteiger partial charge >= 0.3 is 0 Å². The summed E-state index contributed by atoms with van der Waals surface area (Å²) in [6, 6.07) is 8.50. The number of carbonyl (C=O) groups excluding carboxylic acids is 2. The molecule has 1 aliphatic rings. The molecule has 0 aromatic heterocycles. The summed E-state index contributed by atoms with van der Waals surface area (Å²) < 4.78 is 0. The Kier molecular flexibility index (Phi) is 6.47. The minimum absolute atomic E-state index is 0.0399. The molecule has 0 fully saturated rings. The van der Waals surface area contributed by atoms with Crippen molar-refractivity contribution in [2.45, 2.75) is 81.1 Å². The smallest absolute Gasteiger partial charge is 0.190 e. The number of carbonyl (C=O) groups is 2. The third-order valence-corrected chi connectivity index (χ3v) is 6.89. The molecule has 168 valence electrons. The van der Waals surface area contributed by atoms with Crippen molar-refractivity contribution in [3.05, 3.63) is 79.9 Å². The molecule has 0 atom stereocenters. The molecule has 0 bridgehead atoms. The number of Topliss-reactive ketones (excluding diaryl/α,β-unsaturated/α-hetero) is 2. The molecule has 0 amide bonds. The Balaban J connectivity index is 2.18. The van der Waals surface area contributed by atoms with Crippen molar-refractivity contribution in [3.63, 3.8) is 0 Å². The summed E-state index contributed by atoms with van der Waals surface area (Å²) in [5, 5.41) is 0. The monoisotopic (exact) mass is 428 g/mol. The molecule has 3 rings (SSSR count). The van der Waals surface area contributed by atoms with Crippen molar-refractivity contribution >= 4 is 22.7 Å². The zero-order valence-corrected chi connectivity index (χ0v) is 21.3. The Morgan fingerprint density at radius 3 is 1.09 bits per heavy atom. The van der Waals surface area contributed by atoms with Crippen molar-refractivity contribution in [2.24, 2.45) is 0 Å². The molecule has 2 heteroatoms. The highest BCUT2D eigenvalue weighted by Gasteiger charge is 2.33. The van der Waals surface area contributed by atoms with Crippen LogP contribution in [-0.2, 0) is 9.59 Å². The van der Waals surface area contributed by atoms with Gasteiger partial charge in [-0.05, 0) is 97.9 Å². The quantitative estimate of drug-likeness (QED) is 0.471. The first kappa shape index (κ1) is 23.9. The molecule has 0 radical (unpaired) electrons. The maximum absolute atomic E-state index is 13.7. The third-order valence-electron chi connectivity index (χ3n) is 6.89. The lowest BCUT2D eigenvalue weighted by Crippen LogP contribution is -2.21. The molecule has 0 aliphatic heterocycles. The first-order valence-electron chi connectivity index (χ1n) is 11.6. The molecule has 32 heavy (non-hydrogen) atoms. The summed E-state index contributed by atoms with van der Waals surface area (Å²) in [4.78, 5) is 27.3. The molecule has 0 saturated carbocycles. The van der Waals surface area contributed by atoms with E-state index in [2.05, 4.69) is 65.8 Å². The maximum Gasteiger partial charge on any atom is 0.190 e. The Hall–Kier alpha value is -2.74. The predicted octanol–water partition coefficient (Wildman–Crippen LogP) is 7.57. The van der Waals surface area contributed by atoms with E-state index in [1.165, 1.54) is 11.1 Å². The van der Waals surface area contributed by atoms with Crippen LogP contribution in [0.25, 0.3) is 11.1 Å². The zero-order valence-electron chi connectivity index (χ0n) is 21.3. The van der Waals surface area contributed by atoms with E-state index in [0.717, 1.165) is 33.4 Å². The molecule has 0 N–H and O–H groups in total. The Bertz CT molecular complexity index is 1100. The molecular formula is C30H36O2. The summed E-state index contributed by atoms with van der Waals surface area (Å²) in [5.41, 5.74) is 10.9. The standard InChI is InChI=1S/C30H36O2/c1-15(2)23-11-19(7)25(13-17(23)5)27-21(9)30(32)28(22(10)29(27)31)26-14-18(6)24(16(3)4)12-20(26)8/h11-16H,1-10H3. The zero-order chi connectivity index (χ0) is 24.1. The minimum Gasteiger partial charge on any atom is -0.289 e. The number of ketones is 2. The van der Waals surface area contributed by atoms with E-state index < -0.39 is 0 Å². The van der Waals surface area contributed by atoms with Crippen LogP contribution in [0.1, 0.15) is 97.9 Å². The van der Waals surface area contributed by atoms with Gasteiger partial charge in [0.05, 0.1) is 0 Å². The Morgan fingerprint density at radius 2 is 0.812 bits per heavy atom. The van der Waals surface area contributed by atoms with Crippen LogP contribution in [-0.4, -0.2) is 11.6 Å². The normalized spacial score (nSPS) is 15.0. The maximum atomic E-state index is 13.7. The highest BCUT2D eigenvalue weighted by Crippen LogP contribution is 2.39. The van der Waals surface area contributed by atoms with Crippen molar-refractivity contribution < 1.29 is 9.59 Å². The fourth-order valence-electron chi connectivity index (χ4n) is 5.05. The summed E-state index contributed by atoms with van der Waals surface area (Å²) in [5.74, 6) is 0.744. The van der Waals surface area contributed by atoms with Crippen LogP contribution >= 0.6 is 0 Å². The van der Waals surface area contributed by atoms with Crippen LogP contribution in [0.15, 0.2) is 35.4 Å². The van der Waals surface area contributed by atoms with E-state index in [4.69, 9.17) is 0 Å². The van der Waals surface area contributed by atoms with Crippen LogP contribution in [0.3, 0.4) is 0 Å². The van der Waals surface area contributed by atoms with E-state index in [-0.39, 0.29) is 11.6 Å². The molecule has 2 aromatic rings. The van der Waals surface area contributed by atoms with Gasteiger partial charge in [-0.3, -0.25) is 9.59 Å². The second-order valence-electron chi connectivity index (χ2n) is 10.0. The van der Waals surface area contributed by atoms with Gasteiger partial charge in [0.2, 0.25) is 0 Å². The van der Waals surface area contributed by atoms with Gasteiger partial charge < -0.3 is 0 Å². The first-order chi connectivity index (χ1) is 14.9. The van der Waals surface area contributed by atoms with E-state index in [9.17, 15) is 9.59 Å². The van der Waals surface area contributed by atoms with Crippen LogP contribution in [0.2, 0.25) is 0 Å². The summed E-state index contributed by atoms with van der Waals surface area (Å²) >= 11 is 0. The van der Waals surface area contributed by atoms with Crippen molar-refractivity contribution in [2.75, 3.05) is 0 Å². The number of aryl methyl sites for hydroxylation is 4. The van der Waals surface area contributed by atoms with Gasteiger partial charge in [0, 0.05) is 22.3 Å². The molecule has 0 saturated heterocycles. The number of hydrogen-bond acceptors (Lipinski definition) is 2. The van der Waals surface area contributed by atoms with Gasteiger partial charge in [-0.1, -0.05) is 52.0 Å². The Morgan fingerprint density at radius 1 is 0.500 bits per heavy atom. The lowest BCUT2D eigenvalue weighted by molar-refractivity contribution is -0.113. The molecule has 0 spiro atoms. The highest BCUT2D eigenvalue weighted by molar-refractivity contribution is 6.48. The van der Waals surface area contributed by atoms with E-state index >= 15 is 0 Å². The van der Waals surface area contributed by atoms with Crippen LogP contribution < -0.4 is 0 Å². The van der Waals surface area contributed by atoms with Crippen LogP contribution in [0.5, 0.6) is 0 Å². The number of benzene rings is 2. The largest absolute Gasteiger partial charge is 0.289 e. The molecule has 1 aliphatic carbocycles. The molecule has 2 aromatic carbocycles. The van der Waals surface area contributed by atoms with Gasteiger partial charge in [0.1, 0.15) is 0 Å². The van der Waals surface area contributed by atoms with Gasteiger partial charge in [-0.25, -0.2) is 0 Å². The number of rotatable bonds is 4. The van der Waals surface area contributed by atoms with Crippen molar-refractivity contribution in [1.82, 2.24) is 0 Å². The van der Waals surface area contributed by atoms with Gasteiger partial charge in [0.15, 0.2) is 11.6 Å². The summed E-state index contributed by atoms with van der Waals surface area (Å²) in [6.45, 7) is 20.5. The van der Waals surface area contributed by atoms with Gasteiger partial charge in [-0.15, -0.1) is 0 Å². The number of allylic oxidation sites excluding steroid dienone is 4. The predicted molar refractivity (Wildman–Crippen MR) is 135 cm³/mol. The van der Waals surface area contributed by atoms with Crippen LogP contribution in [0.4, 0.5) is 0 Å². The highest BCUT2D eigenvalue weighted by atomic mass is 16.1. The summed E-state index contributed by atoms with van der Waals surface area (Å²) in [6.07, 6.45) is 0. The fourth-order valence-corrected chi connectivity index (χ4v) is 5.05. The van der Waals surface area contributed by atoms with E-state index in [0.29, 0.717) is 34.1 Å². The first-order valence-corrected chi connectivity index (χ1v) is 11.6. The third kappa shape index (κ3) is 3.92. The molecular weight excluding hydrogens is 392 g/mol. The minimum atomic E-state index is -0.0399.